The molecule has 24 heavy (non-hydrogen) atoms. The zero-order chi connectivity index (χ0) is 17.7. The quantitative estimate of drug-likeness (QED) is 0.728. The third kappa shape index (κ3) is 3.97. The van der Waals surface area contributed by atoms with E-state index in [-0.39, 0.29) is 16.4 Å². The summed E-state index contributed by atoms with van der Waals surface area (Å²) in [4.78, 5) is 20.1. The van der Waals surface area contributed by atoms with Crippen molar-refractivity contribution < 1.29 is 17.9 Å². The Morgan fingerprint density at radius 2 is 2.00 bits per heavy atom. The average molecular weight is 351 g/mol. The summed E-state index contributed by atoms with van der Waals surface area (Å²) >= 11 is 0. The fourth-order valence-corrected chi connectivity index (χ4v) is 2.66. The highest BCUT2D eigenvalue weighted by Gasteiger charge is 2.18. The molecular weight excluding hydrogens is 334 g/mol. The van der Waals surface area contributed by atoms with E-state index in [4.69, 9.17) is 4.74 Å². The van der Waals surface area contributed by atoms with Crippen molar-refractivity contribution in [3.63, 3.8) is 0 Å². The Kier molecular flexibility index (Phi) is 5.31. The van der Waals surface area contributed by atoms with Gasteiger partial charge in [-0.3, -0.25) is 15.6 Å². The average Bonchev–Trinajstić information content (AvgIpc) is 2.59. The van der Waals surface area contributed by atoms with Crippen LogP contribution in [0.5, 0.6) is 5.88 Å². The Bertz CT molecular complexity index is 839. The number of amides is 1. The predicted molar refractivity (Wildman–Crippen MR) is 87.0 cm³/mol. The third-order valence-corrected chi connectivity index (χ3v) is 4.81. The molecule has 0 aliphatic heterocycles. The number of hydrazine groups is 1. The summed E-state index contributed by atoms with van der Waals surface area (Å²) in [6.45, 7) is 0. The molecule has 1 aromatic carbocycles. The number of hydrogen-bond donors (Lipinski definition) is 2. The number of nitrogens with one attached hydrogen (secondary N) is 2. The van der Waals surface area contributed by atoms with E-state index in [0.717, 1.165) is 4.31 Å². The summed E-state index contributed by atoms with van der Waals surface area (Å²) in [7, 11) is 0.683. The van der Waals surface area contributed by atoms with Crippen LogP contribution in [-0.4, -0.2) is 49.8 Å². The van der Waals surface area contributed by atoms with Gasteiger partial charge >= 0.3 is 0 Å². The molecule has 0 unspecified atom stereocenters. The minimum Gasteiger partial charge on any atom is -0.481 e. The van der Waals surface area contributed by atoms with Gasteiger partial charge in [-0.15, -0.1) is 0 Å². The highest BCUT2D eigenvalue weighted by atomic mass is 32.2. The van der Waals surface area contributed by atoms with Gasteiger partial charge in [0, 0.05) is 31.9 Å². The number of hydrogen-bond acceptors (Lipinski definition) is 7. The minimum atomic E-state index is -3.62. The number of aromatic nitrogens is 2. The van der Waals surface area contributed by atoms with Gasteiger partial charge in [0.1, 0.15) is 0 Å². The zero-order valence-electron chi connectivity index (χ0n) is 13.3. The van der Waals surface area contributed by atoms with Crippen LogP contribution in [0.4, 0.5) is 5.95 Å². The third-order valence-electron chi connectivity index (χ3n) is 3.00. The summed E-state index contributed by atoms with van der Waals surface area (Å²) in [5.41, 5.74) is 5.11. The molecule has 1 aromatic heterocycles. The highest BCUT2D eigenvalue weighted by molar-refractivity contribution is 7.89. The van der Waals surface area contributed by atoms with Crippen LogP contribution in [0.15, 0.2) is 41.4 Å². The van der Waals surface area contributed by atoms with Crippen LogP contribution in [0.1, 0.15) is 10.4 Å². The summed E-state index contributed by atoms with van der Waals surface area (Å²) in [6, 6.07) is 7.26. The molecule has 10 heteroatoms. The molecule has 0 saturated carbocycles. The summed E-state index contributed by atoms with van der Waals surface area (Å²) < 4.78 is 30.2. The lowest BCUT2D eigenvalue weighted by Gasteiger charge is -2.12. The van der Waals surface area contributed by atoms with Crippen LogP contribution in [0.2, 0.25) is 0 Å². The number of ether oxygens (including phenoxy) is 1. The molecular formula is C14H17N5O4S. The molecule has 128 valence electrons. The zero-order valence-corrected chi connectivity index (χ0v) is 14.2. The number of benzene rings is 1. The molecule has 1 amide bonds. The van der Waals surface area contributed by atoms with E-state index in [2.05, 4.69) is 20.8 Å². The number of carbonyl (C=O) groups is 1. The number of rotatable bonds is 6. The first-order chi connectivity index (χ1) is 11.3. The van der Waals surface area contributed by atoms with Crippen molar-refractivity contribution in [2.75, 3.05) is 26.6 Å². The van der Waals surface area contributed by atoms with E-state index < -0.39 is 15.9 Å². The number of methoxy groups -OCH3 is 1. The van der Waals surface area contributed by atoms with Crippen molar-refractivity contribution in [3.8, 4) is 5.88 Å². The van der Waals surface area contributed by atoms with Gasteiger partial charge < -0.3 is 4.74 Å². The van der Waals surface area contributed by atoms with Crippen LogP contribution < -0.4 is 15.6 Å². The number of anilines is 1. The van der Waals surface area contributed by atoms with Crippen molar-refractivity contribution in [3.05, 3.63) is 42.1 Å². The second-order valence-corrected chi connectivity index (χ2v) is 6.97. The van der Waals surface area contributed by atoms with Crippen LogP contribution in [0.25, 0.3) is 0 Å². The van der Waals surface area contributed by atoms with Crippen LogP contribution >= 0.6 is 0 Å². The molecule has 2 rings (SSSR count). The Balaban J connectivity index is 2.13. The van der Waals surface area contributed by atoms with Gasteiger partial charge in [0.2, 0.25) is 21.9 Å². The van der Waals surface area contributed by atoms with Gasteiger partial charge in [-0.1, -0.05) is 6.07 Å². The first-order valence-electron chi connectivity index (χ1n) is 6.80. The van der Waals surface area contributed by atoms with E-state index in [1.54, 1.807) is 6.07 Å². The topological polar surface area (TPSA) is 114 Å². The second-order valence-electron chi connectivity index (χ2n) is 4.82. The highest BCUT2D eigenvalue weighted by Crippen LogP contribution is 2.15. The fraction of sp³-hybridized carbons (Fsp3) is 0.214. The second kappa shape index (κ2) is 7.23. The smallest absolute Gasteiger partial charge is 0.269 e. The van der Waals surface area contributed by atoms with Crippen molar-refractivity contribution in [2.45, 2.75) is 4.90 Å². The maximum absolute atomic E-state index is 12.2. The molecule has 0 fully saturated rings. The SMILES string of the molecule is COc1ccnc(NNC(=O)c2cccc(S(=O)(=O)N(C)C)c2)n1. The summed E-state index contributed by atoms with van der Waals surface area (Å²) in [6.07, 6.45) is 1.46. The molecule has 0 bridgehead atoms. The van der Waals surface area contributed by atoms with Gasteiger partial charge in [0.15, 0.2) is 0 Å². The number of sulfonamides is 1. The molecule has 0 aliphatic rings. The van der Waals surface area contributed by atoms with Crippen molar-refractivity contribution >= 4 is 21.9 Å². The van der Waals surface area contributed by atoms with Crippen molar-refractivity contribution in [1.82, 2.24) is 19.7 Å². The normalized spacial score (nSPS) is 11.2. The monoisotopic (exact) mass is 351 g/mol. The predicted octanol–water partition coefficient (Wildman–Crippen LogP) is 0.492. The van der Waals surface area contributed by atoms with Gasteiger partial charge in [-0.05, 0) is 18.2 Å². The maximum Gasteiger partial charge on any atom is 0.269 e. The van der Waals surface area contributed by atoms with Crippen LogP contribution in [0.3, 0.4) is 0 Å². The molecule has 0 saturated heterocycles. The van der Waals surface area contributed by atoms with E-state index in [0.29, 0.717) is 5.88 Å². The number of carbonyl (C=O) groups excluding carboxylic acids is 1. The lowest BCUT2D eigenvalue weighted by Crippen LogP contribution is -2.30. The molecule has 0 spiro atoms. The largest absolute Gasteiger partial charge is 0.481 e. The maximum atomic E-state index is 12.2. The van der Waals surface area contributed by atoms with E-state index in [1.807, 2.05) is 0 Å². The Morgan fingerprint density at radius 1 is 1.25 bits per heavy atom. The lowest BCUT2D eigenvalue weighted by atomic mass is 10.2. The first-order valence-corrected chi connectivity index (χ1v) is 8.24. The molecule has 9 nitrogen and oxygen atoms in total. The molecule has 2 aromatic rings. The Morgan fingerprint density at radius 3 is 2.67 bits per heavy atom. The molecule has 2 N–H and O–H groups in total. The van der Waals surface area contributed by atoms with Gasteiger partial charge in [0.05, 0.1) is 12.0 Å². The molecule has 0 aliphatic carbocycles. The summed E-state index contributed by atoms with van der Waals surface area (Å²) in [5.74, 6) is -0.0576. The standard InChI is InChI=1S/C14H17N5O4S/c1-19(2)24(21,22)11-6-4-5-10(9-11)13(20)17-18-14-15-8-7-12(16-14)23-3/h4-9H,1-3H3,(H,17,20)(H,15,16,18). The van der Waals surface area contributed by atoms with Crippen molar-refractivity contribution in [2.24, 2.45) is 0 Å². The summed E-state index contributed by atoms with van der Waals surface area (Å²) in [5, 5.41) is 0. The van der Waals surface area contributed by atoms with E-state index >= 15 is 0 Å². The van der Waals surface area contributed by atoms with Gasteiger partial charge in [-0.25, -0.2) is 17.7 Å². The first kappa shape index (κ1) is 17.6. The minimum absolute atomic E-state index is 0.0257. The van der Waals surface area contributed by atoms with Gasteiger partial charge in [0.25, 0.3) is 5.91 Å². The van der Waals surface area contributed by atoms with E-state index in [9.17, 15) is 13.2 Å². The van der Waals surface area contributed by atoms with E-state index in [1.165, 1.54) is 51.7 Å². The van der Waals surface area contributed by atoms with Crippen LogP contribution in [-0.2, 0) is 10.0 Å². The molecule has 0 radical (unpaired) electrons. The lowest BCUT2D eigenvalue weighted by molar-refractivity contribution is 0.0962. The Hall–Kier alpha value is -2.72. The molecule has 1 heterocycles. The fourth-order valence-electron chi connectivity index (χ4n) is 1.71. The van der Waals surface area contributed by atoms with Gasteiger partial charge in [-0.2, -0.15) is 4.98 Å². The number of nitrogens with zero attached hydrogens (tertiary/aromatic N) is 3. The van der Waals surface area contributed by atoms with Crippen molar-refractivity contribution in [1.29, 1.82) is 0 Å². The van der Waals surface area contributed by atoms with Crippen LogP contribution in [0, 0.1) is 0 Å². The Labute approximate surface area is 139 Å². The molecule has 0 atom stereocenters.